The lowest BCUT2D eigenvalue weighted by Crippen LogP contribution is -2.50. The molecule has 1 unspecified atom stereocenters. The Morgan fingerprint density at radius 2 is 1.76 bits per heavy atom. The second-order valence-electron chi connectivity index (χ2n) is 7.94. The van der Waals surface area contributed by atoms with Crippen LogP contribution in [0.5, 0.6) is 11.5 Å². The van der Waals surface area contributed by atoms with Gasteiger partial charge >= 0.3 is 12.0 Å². The van der Waals surface area contributed by atoms with Crippen molar-refractivity contribution < 1.29 is 28.6 Å². The van der Waals surface area contributed by atoms with E-state index in [1.165, 1.54) is 26.2 Å². The summed E-state index contributed by atoms with van der Waals surface area (Å²) in [4.78, 5) is 36.3. The third-order valence-electron chi connectivity index (χ3n) is 3.40. The zero-order valence-corrected chi connectivity index (χ0v) is 18.6. The predicted molar refractivity (Wildman–Crippen MR) is 110 cm³/mol. The second-order valence-corrected chi connectivity index (χ2v) is 8.34. The van der Waals surface area contributed by atoms with Crippen molar-refractivity contribution in [2.45, 2.75) is 53.2 Å². The van der Waals surface area contributed by atoms with Crippen LogP contribution in [0.4, 0.5) is 4.79 Å². The number of ether oxygens (including phenoxy) is 3. The number of rotatable bonds is 7. The van der Waals surface area contributed by atoms with Gasteiger partial charge in [-0.2, -0.15) is 0 Å². The van der Waals surface area contributed by atoms with Gasteiger partial charge in [0.15, 0.2) is 17.6 Å². The van der Waals surface area contributed by atoms with E-state index in [-0.39, 0.29) is 22.3 Å². The molecule has 0 aliphatic carbocycles. The van der Waals surface area contributed by atoms with Gasteiger partial charge in [0.1, 0.15) is 0 Å². The molecular weight excluding hydrogens is 400 g/mol. The first-order valence-corrected chi connectivity index (χ1v) is 9.56. The van der Waals surface area contributed by atoms with Crippen LogP contribution in [0.2, 0.25) is 5.02 Å². The summed E-state index contributed by atoms with van der Waals surface area (Å²) in [5.74, 6) is -0.680. The highest BCUT2D eigenvalue weighted by molar-refractivity contribution is 6.32. The zero-order valence-electron chi connectivity index (χ0n) is 17.8. The molecule has 1 atom stereocenters. The van der Waals surface area contributed by atoms with E-state index < -0.39 is 29.6 Å². The molecule has 2 N–H and O–H groups in total. The summed E-state index contributed by atoms with van der Waals surface area (Å²) >= 11 is 6.23. The van der Waals surface area contributed by atoms with E-state index in [1.807, 2.05) is 13.8 Å². The third-order valence-corrected chi connectivity index (χ3v) is 3.69. The lowest BCUT2D eigenvalue weighted by molar-refractivity contribution is -0.127. The van der Waals surface area contributed by atoms with Crippen LogP contribution in [0.3, 0.4) is 0 Å². The van der Waals surface area contributed by atoms with Crippen molar-refractivity contribution in [3.05, 3.63) is 22.7 Å². The minimum Gasteiger partial charge on any atom is -0.493 e. The van der Waals surface area contributed by atoms with Gasteiger partial charge in [-0.1, -0.05) is 25.4 Å². The number of carbonyl (C=O) groups is 3. The topological polar surface area (TPSA) is 103 Å². The summed E-state index contributed by atoms with van der Waals surface area (Å²) in [5, 5.41) is 4.88. The summed E-state index contributed by atoms with van der Waals surface area (Å²) in [7, 11) is 1.42. The highest BCUT2D eigenvalue weighted by atomic mass is 35.5. The first kappa shape index (κ1) is 24.6. The van der Waals surface area contributed by atoms with Crippen molar-refractivity contribution in [1.82, 2.24) is 10.6 Å². The number of carbonyl (C=O) groups excluding carboxylic acids is 3. The molecule has 0 bridgehead atoms. The number of urea groups is 1. The van der Waals surface area contributed by atoms with Gasteiger partial charge in [-0.25, -0.2) is 9.59 Å². The first-order chi connectivity index (χ1) is 13.3. The molecule has 0 aliphatic rings. The van der Waals surface area contributed by atoms with E-state index in [2.05, 4.69) is 10.6 Å². The van der Waals surface area contributed by atoms with Crippen LogP contribution in [-0.2, 0) is 9.53 Å². The van der Waals surface area contributed by atoms with Crippen molar-refractivity contribution in [2.75, 3.05) is 13.7 Å². The number of esters is 1. The Bertz CT molecular complexity index is 758. The van der Waals surface area contributed by atoms with E-state index in [0.717, 1.165) is 0 Å². The number of methoxy groups -OCH3 is 1. The summed E-state index contributed by atoms with van der Waals surface area (Å²) < 4.78 is 16.0. The van der Waals surface area contributed by atoms with Gasteiger partial charge in [0.2, 0.25) is 0 Å². The lowest BCUT2D eigenvalue weighted by atomic mass is 10.1. The third kappa shape index (κ3) is 8.19. The van der Waals surface area contributed by atoms with Crippen LogP contribution < -0.4 is 20.1 Å². The molecule has 8 nitrogen and oxygen atoms in total. The lowest BCUT2D eigenvalue weighted by Gasteiger charge is -2.21. The fourth-order valence-electron chi connectivity index (χ4n) is 2.10. The Morgan fingerprint density at radius 1 is 1.14 bits per heavy atom. The molecule has 0 heterocycles. The standard InChI is InChI=1S/C20H29ClN2O6/c1-11(2)10-28-16-14(21)8-13(9-15(16)27-7)18(25)29-12(3)17(24)22-19(26)23-20(4,5)6/h8-9,11-12H,10H2,1-7H3,(H2,22,23,24,26). The van der Waals surface area contributed by atoms with Crippen molar-refractivity contribution in [1.29, 1.82) is 0 Å². The molecule has 162 valence electrons. The molecule has 0 aliphatic heterocycles. The highest BCUT2D eigenvalue weighted by Gasteiger charge is 2.24. The van der Waals surface area contributed by atoms with Crippen molar-refractivity contribution in [2.24, 2.45) is 5.92 Å². The number of nitrogens with one attached hydrogen (secondary N) is 2. The number of hydrogen-bond donors (Lipinski definition) is 2. The van der Waals surface area contributed by atoms with Gasteiger partial charge in [-0.15, -0.1) is 0 Å². The average Bonchev–Trinajstić information content (AvgIpc) is 2.57. The molecule has 29 heavy (non-hydrogen) atoms. The van der Waals surface area contributed by atoms with E-state index in [4.69, 9.17) is 25.8 Å². The van der Waals surface area contributed by atoms with Crippen LogP contribution in [-0.4, -0.2) is 43.3 Å². The van der Waals surface area contributed by atoms with E-state index >= 15 is 0 Å². The minimum atomic E-state index is -1.20. The van der Waals surface area contributed by atoms with Gasteiger partial charge in [0, 0.05) is 5.54 Å². The molecule has 1 rings (SSSR count). The maximum absolute atomic E-state index is 12.4. The monoisotopic (exact) mass is 428 g/mol. The molecule has 0 spiro atoms. The van der Waals surface area contributed by atoms with E-state index in [9.17, 15) is 14.4 Å². The van der Waals surface area contributed by atoms with E-state index in [1.54, 1.807) is 20.8 Å². The fourth-order valence-corrected chi connectivity index (χ4v) is 2.36. The highest BCUT2D eigenvalue weighted by Crippen LogP contribution is 2.37. The average molecular weight is 429 g/mol. The quantitative estimate of drug-likeness (QED) is 0.644. The number of benzene rings is 1. The molecule has 9 heteroatoms. The summed E-state index contributed by atoms with van der Waals surface area (Å²) in [5.41, 5.74) is -0.431. The molecular formula is C20H29ClN2O6. The maximum atomic E-state index is 12.4. The van der Waals surface area contributed by atoms with Crippen LogP contribution in [0, 0.1) is 5.92 Å². The van der Waals surface area contributed by atoms with Crippen LogP contribution in [0.1, 0.15) is 51.9 Å². The second kappa shape index (κ2) is 10.3. The Morgan fingerprint density at radius 3 is 2.28 bits per heavy atom. The molecule has 3 amide bonds. The summed E-state index contributed by atoms with van der Waals surface area (Å²) in [6.07, 6.45) is -1.20. The fraction of sp³-hybridized carbons (Fsp3) is 0.550. The van der Waals surface area contributed by atoms with Crippen LogP contribution in [0.15, 0.2) is 12.1 Å². The Kier molecular flexibility index (Phi) is 8.76. The number of amides is 3. The van der Waals surface area contributed by atoms with Gasteiger partial charge in [0.25, 0.3) is 5.91 Å². The Hall–Kier alpha value is -2.48. The molecule has 1 aromatic rings. The largest absolute Gasteiger partial charge is 0.493 e. The van der Waals surface area contributed by atoms with Crippen LogP contribution >= 0.6 is 11.6 Å². The molecule has 0 radical (unpaired) electrons. The van der Waals surface area contributed by atoms with Crippen molar-refractivity contribution in [3.63, 3.8) is 0 Å². The first-order valence-electron chi connectivity index (χ1n) is 9.18. The predicted octanol–water partition coefficient (Wildman–Crippen LogP) is 3.55. The SMILES string of the molecule is COc1cc(C(=O)OC(C)C(=O)NC(=O)NC(C)(C)C)cc(Cl)c1OCC(C)C. The number of halogens is 1. The minimum absolute atomic E-state index is 0.0857. The Balaban J connectivity index is 2.84. The Labute approximate surface area is 176 Å². The molecule has 0 aromatic heterocycles. The van der Waals surface area contributed by atoms with Crippen LogP contribution in [0.25, 0.3) is 0 Å². The van der Waals surface area contributed by atoms with Gasteiger partial charge in [0.05, 0.1) is 24.3 Å². The summed E-state index contributed by atoms with van der Waals surface area (Å²) in [6, 6.07) is 2.11. The van der Waals surface area contributed by atoms with Gasteiger partial charge in [-0.05, 0) is 45.7 Å². The molecule has 0 saturated heterocycles. The smallest absolute Gasteiger partial charge is 0.339 e. The molecule has 0 saturated carbocycles. The van der Waals surface area contributed by atoms with Crippen molar-refractivity contribution in [3.8, 4) is 11.5 Å². The zero-order chi connectivity index (χ0) is 22.4. The molecule has 0 fully saturated rings. The van der Waals surface area contributed by atoms with Gasteiger partial charge in [-0.3, -0.25) is 10.1 Å². The van der Waals surface area contributed by atoms with E-state index in [0.29, 0.717) is 12.4 Å². The van der Waals surface area contributed by atoms with Crippen molar-refractivity contribution >= 4 is 29.5 Å². The maximum Gasteiger partial charge on any atom is 0.339 e. The summed E-state index contributed by atoms with van der Waals surface area (Å²) in [6.45, 7) is 11.1. The number of imide groups is 1. The normalized spacial score (nSPS) is 12.2. The van der Waals surface area contributed by atoms with Gasteiger partial charge < -0.3 is 19.5 Å². The molecule has 1 aromatic carbocycles. The number of hydrogen-bond acceptors (Lipinski definition) is 6.